The maximum Gasteiger partial charge on any atom is 0.414 e. The number of fused-ring (bicyclic) bond motifs is 5. The van der Waals surface area contributed by atoms with E-state index >= 15 is 0 Å². The lowest BCUT2D eigenvalue weighted by molar-refractivity contribution is -0.158. The number of para-hydroxylation sites is 1. The molecule has 1 amide bonds. The molecule has 1 N–H and O–H groups in total. The zero-order valence-corrected chi connectivity index (χ0v) is 11.5. The Labute approximate surface area is 122 Å². The predicted octanol–water partition coefficient (Wildman–Crippen LogP) is 2.78. The second-order valence-corrected chi connectivity index (χ2v) is 6.14. The lowest BCUT2D eigenvalue weighted by Crippen LogP contribution is -2.31. The highest BCUT2D eigenvalue weighted by Gasteiger charge is 2.60. The van der Waals surface area contributed by atoms with E-state index < -0.39 is 12.4 Å². The molecule has 1 heterocycles. The molecule has 21 heavy (non-hydrogen) atoms. The molecule has 3 aliphatic rings. The number of amides is 1. The molecule has 1 saturated heterocycles. The van der Waals surface area contributed by atoms with Crippen molar-refractivity contribution in [1.82, 2.24) is 0 Å². The van der Waals surface area contributed by atoms with Gasteiger partial charge in [0.25, 0.3) is 6.29 Å². The van der Waals surface area contributed by atoms with Crippen LogP contribution in [0.3, 0.4) is 0 Å². The predicted molar refractivity (Wildman–Crippen MR) is 74.2 cm³/mol. The largest absolute Gasteiger partial charge is 0.424 e. The van der Waals surface area contributed by atoms with Crippen LogP contribution < -0.4 is 5.32 Å². The average molecular weight is 287 g/mol. The fourth-order valence-electron chi connectivity index (χ4n) is 4.23. The summed E-state index contributed by atoms with van der Waals surface area (Å²) in [5.41, 5.74) is 0.663. The van der Waals surface area contributed by atoms with Crippen molar-refractivity contribution in [1.29, 1.82) is 0 Å². The third kappa shape index (κ3) is 2.07. The number of nitrogens with one attached hydrogen (secondary N) is 1. The van der Waals surface area contributed by atoms with E-state index in [0.717, 1.165) is 19.3 Å². The van der Waals surface area contributed by atoms with Gasteiger partial charge in [0, 0.05) is 11.6 Å². The van der Waals surface area contributed by atoms with Crippen LogP contribution >= 0.6 is 0 Å². The summed E-state index contributed by atoms with van der Waals surface area (Å²) in [6.07, 6.45) is 2.00. The summed E-state index contributed by atoms with van der Waals surface area (Å²) in [7, 11) is 0. The Morgan fingerprint density at radius 2 is 1.95 bits per heavy atom. The molecule has 0 radical (unpaired) electrons. The van der Waals surface area contributed by atoms with E-state index in [-0.39, 0.29) is 17.8 Å². The summed E-state index contributed by atoms with van der Waals surface area (Å²) < 4.78 is 10.7. The molecule has 5 heteroatoms. The highest BCUT2D eigenvalue weighted by Crippen LogP contribution is 2.57. The number of ether oxygens (including phenoxy) is 2. The first-order valence-corrected chi connectivity index (χ1v) is 7.45. The molecule has 2 aliphatic carbocycles. The molecule has 5 nitrogen and oxygen atoms in total. The number of rotatable bonds is 2. The van der Waals surface area contributed by atoms with Crippen LogP contribution in [0.25, 0.3) is 0 Å². The molecule has 0 spiro atoms. The summed E-state index contributed by atoms with van der Waals surface area (Å²) in [5, 5.41) is 2.66. The molecule has 3 fully saturated rings. The molecule has 2 bridgehead atoms. The molecule has 1 aromatic rings. The number of hydrogen-bond donors (Lipinski definition) is 1. The molecule has 5 unspecified atom stereocenters. The molecule has 0 aromatic heterocycles. The summed E-state index contributed by atoms with van der Waals surface area (Å²) >= 11 is 0. The summed E-state index contributed by atoms with van der Waals surface area (Å²) in [4.78, 5) is 23.9. The van der Waals surface area contributed by atoms with Gasteiger partial charge in [-0.3, -0.25) is 10.1 Å². The Morgan fingerprint density at radius 3 is 2.76 bits per heavy atom. The van der Waals surface area contributed by atoms with Crippen molar-refractivity contribution in [3.63, 3.8) is 0 Å². The van der Waals surface area contributed by atoms with Crippen LogP contribution in [0.2, 0.25) is 0 Å². The number of cyclic esters (lactones) is 1. The normalized spacial score (nSPS) is 36.2. The summed E-state index contributed by atoms with van der Waals surface area (Å²) in [6, 6.07) is 9.09. The van der Waals surface area contributed by atoms with Crippen molar-refractivity contribution in [2.24, 2.45) is 23.7 Å². The Kier molecular flexibility index (Phi) is 2.87. The van der Waals surface area contributed by atoms with E-state index in [1.54, 1.807) is 12.1 Å². The Hall–Kier alpha value is -2.04. The van der Waals surface area contributed by atoms with Crippen LogP contribution in [-0.2, 0) is 14.3 Å². The Balaban J connectivity index is 1.43. The number of anilines is 1. The molecule has 1 aliphatic heterocycles. The Bertz CT molecular complexity index is 573. The van der Waals surface area contributed by atoms with Crippen molar-refractivity contribution >= 4 is 17.7 Å². The zero-order chi connectivity index (χ0) is 14.4. The molecule has 2 saturated carbocycles. The standard InChI is InChI=1S/C16H17NO4/c18-14-12-9-6-7-10(8-9)13(12)15(20-14)21-16(19)17-11-4-2-1-3-5-11/h1-5,9-10,12-13,15H,6-8H2,(H,17,19). The summed E-state index contributed by atoms with van der Waals surface area (Å²) in [5.74, 6) is 0.694. The number of hydrogen-bond acceptors (Lipinski definition) is 4. The lowest BCUT2D eigenvalue weighted by atomic mass is 9.81. The third-order valence-corrected chi connectivity index (χ3v) is 5.04. The van der Waals surface area contributed by atoms with Gasteiger partial charge >= 0.3 is 12.1 Å². The number of benzene rings is 1. The van der Waals surface area contributed by atoms with Crippen LogP contribution in [0.5, 0.6) is 0 Å². The van der Waals surface area contributed by atoms with Gasteiger partial charge in [0.15, 0.2) is 0 Å². The first-order chi connectivity index (χ1) is 10.2. The third-order valence-electron chi connectivity index (χ3n) is 5.04. The number of carbonyl (C=O) groups is 2. The summed E-state index contributed by atoms with van der Waals surface area (Å²) in [6.45, 7) is 0. The zero-order valence-electron chi connectivity index (χ0n) is 11.5. The van der Waals surface area contributed by atoms with Crippen LogP contribution in [-0.4, -0.2) is 18.4 Å². The fourth-order valence-corrected chi connectivity index (χ4v) is 4.23. The molecular formula is C16H17NO4. The number of esters is 1. The highest BCUT2D eigenvalue weighted by molar-refractivity contribution is 5.85. The minimum Gasteiger partial charge on any atom is -0.424 e. The van der Waals surface area contributed by atoms with Gasteiger partial charge in [0.2, 0.25) is 0 Å². The van der Waals surface area contributed by atoms with E-state index in [2.05, 4.69) is 5.32 Å². The van der Waals surface area contributed by atoms with Crippen molar-refractivity contribution in [3.05, 3.63) is 30.3 Å². The van der Waals surface area contributed by atoms with Gasteiger partial charge in [-0.2, -0.15) is 0 Å². The number of carbonyl (C=O) groups excluding carboxylic acids is 2. The van der Waals surface area contributed by atoms with E-state index in [9.17, 15) is 9.59 Å². The maximum absolute atomic E-state index is 12.0. The minimum atomic E-state index is -0.721. The topological polar surface area (TPSA) is 64.6 Å². The minimum absolute atomic E-state index is 0.0535. The van der Waals surface area contributed by atoms with Gasteiger partial charge in [-0.1, -0.05) is 18.2 Å². The van der Waals surface area contributed by atoms with Crippen molar-refractivity contribution in [2.75, 3.05) is 5.32 Å². The van der Waals surface area contributed by atoms with E-state index in [1.807, 2.05) is 18.2 Å². The molecular weight excluding hydrogens is 270 g/mol. The first-order valence-electron chi connectivity index (χ1n) is 7.45. The highest BCUT2D eigenvalue weighted by atomic mass is 16.7. The fraction of sp³-hybridized carbons (Fsp3) is 0.500. The second-order valence-electron chi connectivity index (χ2n) is 6.14. The van der Waals surface area contributed by atoms with Gasteiger partial charge in [0.05, 0.1) is 5.92 Å². The molecule has 5 atom stereocenters. The van der Waals surface area contributed by atoms with Gasteiger partial charge in [0.1, 0.15) is 0 Å². The van der Waals surface area contributed by atoms with Gasteiger partial charge in [-0.15, -0.1) is 0 Å². The molecule has 4 rings (SSSR count). The lowest BCUT2D eigenvalue weighted by Gasteiger charge is -2.24. The van der Waals surface area contributed by atoms with Crippen LogP contribution in [0.15, 0.2) is 30.3 Å². The van der Waals surface area contributed by atoms with Crippen LogP contribution in [0, 0.1) is 23.7 Å². The van der Waals surface area contributed by atoms with Crippen LogP contribution in [0.4, 0.5) is 10.5 Å². The van der Waals surface area contributed by atoms with Gasteiger partial charge in [-0.25, -0.2) is 4.79 Å². The van der Waals surface area contributed by atoms with Crippen molar-refractivity contribution in [3.8, 4) is 0 Å². The van der Waals surface area contributed by atoms with Crippen LogP contribution in [0.1, 0.15) is 19.3 Å². The van der Waals surface area contributed by atoms with Crippen molar-refractivity contribution < 1.29 is 19.1 Å². The molecule has 110 valence electrons. The maximum atomic E-state index is 12.0. The smallest absolute Gasteiger partial charge is 0.414 e. The SMILES string of the molecule is O=C(Nc1ccccc1)OC1OC(=O)C2C3CCC(C3)C12. The van der Waals surface area contributed by atoms with E-state index in [0.29, 0.717) is 17.5 Å². The first kappa shape index (κ1) is 12.7. The van der Waals surface area contributed by atoms with E-state index in [1.165, 1.54) is 0 Å². The second kappa shape index (κ2) is 4.76. The van der Waals surface area contributed by atoms with Gasteiger partial charge in [-0.05, 0) is 43.2 Å². The monoisotopic (exact) mass is 287 g/mol. The Morgan fingerprint density at radius 1 is 1.19 bits per heavy atom. The van der Waals surface area contributed by atoms with Crippen molar-refractivity contribution in [2.45, 2.75) is 25.6 Å². The average Bonchev–Trinajstić information content (AvgIpc) is 3.14. The quantitative estimate of drug-likeness (QED) is 0.849. The van der Waals surface area contributed by atoms with E-state index in [4.69, 9.17) is 9.47 Å². The molecule has 1 aromatic carbocycles. The van der Waals surface area contributed by atoms with Gasteiger partial charge < -0.3 is 9.47 Å².